The molecule has 0 fully saturated rings. The molecule has 7 heteroatoms. The van der Waals surface area contributed by atoms with Crippen LogP contribution in [0, 0.1) is 13.8 Å². The lowest BCUT2D eigenvalue weighted by Crippen LogP contribution is -2.42. The van der Waals surface area contributed by atoms with Crippen LogP contribution in [0.4, 0.5) is 0 Å². The second-order valence-electron chi connectivity index (χ2n) is 8.63. The standard InChI is InChI=1S/C27H26N2O5/c1-15-10-16(2)24-18(11-15)12-20(26(30)28-24)25-19-14-23(33-4)22(32-3)13-17(19)7-8-29(25)27(31)21-6-5-9-34-21/h5-6,9-14,25H,7-8H2,1-4H3,(H,28,30)/t25-/m1/s1. The first-order chi connectivity index (χ1) is 16.4. The lowest BCUT2D eigenvalue weighted by molar-refractivity contribution is 0.0660. The van der Waals surface area contributed by atoms with Crippen molar-refractivity contribution in [1.82, 2.24) is 9.88 Å². The number of furan rings is 1. The van der Waals surface area contributed by atoms with Gasteiger partial charge in [-0.25, -0.2) is 0 Å². The number of amides is 1. The third-order valence-electron chi connectivity index (χ3n) is 6.48. The Hall–Kier alpha value is -4.00. The number of ether oxygens (including phenoxy) is 2. The number of aromatic nitrogens is 1. The summed E-state index contributed by atoms with van der Waals surface area (Å²) in [7, 11) is 3.16. The smallest absolute Gasteiger partial charge is 0.290 e. The number of H-pyrrole nitrogens is 1. The Balaban J connectivity index is 1.76. The number of nitrogens with one attached hydrogen (secondary N) is 1. The maximum atomic E-state index is 13.5. The Labute approximate surface area is 196 Å². The molecular weight excluding hydrogens is 432 g/mol. The van der Waals surface area contributed by atoms with Crippen LogP contribution >= 0.6 is 0 Å². The number of aromatic amines is 1. The van der Waals surface area contributed by atoms with Crippen molar-refractivity contribution in [3.63, 3.8) is 0 Å². The number of hydrogen-bond acceptors (Lipinski definition) is 5. The van der Waals surface area contributed by atoms with Crippen LogP contribution < -0.4 is 15.0 Å². The van der Waals surface area contributed by atoms with Crippen LogP contribution in [-0.2, 0) is 6.42 Å². The molecule has 7 nitrogen and oxygen atoms in total. The van der Waals surface area contributed by atoms with Crippen molar-refractivity contribution in [2.24, 2.45) is 0 Å². The number of benzene rings is 2. The summed E-state index contributed by atoms with van der Waals surface area (Å²) in [6, 6.07) is 12.5. The predicted octanol–water partition coefficient (Wildman–Crippen LogP) is 4.54. The summed E-state index contributed by atoms with van der Waals surface area (Å²) >= 11 is 0. The summed E-state index contributed by atoms with van der Waals surface area (Å²) in [5, 5.41) is 0.921. The van der Waals surface area contributed by atoms with Gasteiger partial charge in [0, 0.05) is 12.1 Å². The molecule has 174 valence electrons. The molecule has 0 radical (unpaired) electrons. The van der Waals surface area contributed by atoms with Crippen LogP contribution in [-0.4, -0.2) is 36.6 Å². The molecule has 1 amide bonds. The van der Waals surface area contributed by atoms with E-state index in [0.717, 1.165) is 33.2 Å². The van der Waals surface area contributed by atoms with Crippen molar-refractivity contribution in [3.8, 4) is 11.5 Å². The van der Waals surface area contributed by atoms with Crippen LogP contribution in [0.25, 0.3) is 10.9 Å². The zero-order valence-electron chi connectivity index (χ0n) is 19.6. The van der Waals surface area contributed by atoms with Crippen LogP contribution in [0.5, 0.6) is 11.5 Å². The highest BCUT2D eigenvalue weighted by Gasteiger charge is 2.36. The molecule has 0 saturated carbocycles. The minimum Gasteiger partial charge on any atom is -0.493 e. The molecule has 34 heavy (non-hydrogen) atoms. The summed E-state index contributed by atoms with van der Waals surface area (Å²) < 4.78 is 16.5. The Bertz CT molecular complexity index is 1450. The highest BCUT2D eigenvalue weighted by Crippen LogP contribution is 2.41. The van der Waals surface area contributed by atoms with Crippen molar-refractivity contribution < 1.29 is 18.7 Å². The summed E-state index contributed by atoms with van der Waals surface area (Å²) in [4.78, 5) is 31.7. The molecule has 4 aromatic rings. The second kappa shape index (κ2) is 8.41. The number of nitrogens with zero attached hydrogens (tertiary/aromatic N) is 1. The molecule has 0 spiro atoms. The maximum Gasteiger partial charge on any atom is 0.290 e. The van der Waals surface area contributed by atoms with Crippen molar-refractivity contribution in [1.29, 1.82) is 0 Å². The average Bonchev–Trinajstić information content (AvgIpc) is 3.37. The number of carbonyl (C=O) groups is 1. The molecule has 2 aromatic carbocycles. The van der Waals surface area contributed by atoms with Crippen molar-refractivity contribution >= 4 is 16.8 Å². The second-order valence-corrected chi connectivity index (χ2v) is 8.63. The Morgan fingerprint density at radius 2 is 1.82 bits per heavy atom. The normalized spacial score (nSPS) is 15.3. The lowest BCUT2D eigenvalue weighted by Gasteiger charge is -2.37. The number of aryl methyl sites for hydroxylation is 2. The quantitative estimate of drug-likeness (QED) is 0.485. The van der Waals surface area contributed by atoms with E-state index in [1.54, 1.807) is 31.3 Å². The maximum absolute atomic E-state index is 13.5. The molecule has 0 bridgehead atoms. The first-order valence-electron chi connectivity index (χ1n) is 11.1. The van der Waals surface area contributed by atoms with Crippen LogP contribution in [0.1, 0.15) is 44.4 Å². The van der Waals surface area contributed by atoms with Crippen molar-refractivity contribution in [2.45, 2.75) is 26.3 Å². The van der Waals surface area contributed by atoms with Gasteiger partial charge in [-0.1, -0.05) is 11.6 Å². The molecule has 1 aliphatic rings. The predicted molar refractivity (Wildman–Crippen MR) is 129 cm³/mol. The molecule has 0 aliphatic carbocycles. The van der Waals surface area contributed by atoms with E-state index >= 15 is 0 Å². The minimum atomic E-state index is -0.616. The number of rotatable bonds is 4. The molecule has 3 heterocycles. The molecule has 0 unspecified atom stereocenters. The van der Waals surface area contributed by atoms with Gasteiger partial charge in [-0.15, -0.1) is 0 Å². The van der Waals surface area contributed by atoms with E-state index in [2.05, 4.69) is 4.98 Å². The van der Waals surface area contributed by atoms with E-state index in [1.165, 1.54) is 6.26 Å². The summed E-state index contributed by atoms with van der Waals surface area (Å²) in [5.41, 5.74) is 4.99. The molecule has 1 N–H and O–H groups in total. The van der Waals surface area contributed by atoms with Crippen LogP contribution in [0.15, 0.2) is 57.9 Å². The van der Waals surface area contributed by atoms with Crippen LogP contribution in [0.3, 0.4) is 0 Å². The fourth-order valence-corrected chi connectivity index (χ4v) is 4.95. The molecular formula is C27H26N2O5. The van der Waals surface area contributed by atoms with Crippen molar-refractivity contribution in [3.05, 3.63) is 92.7 Å². The fourth-order valence-electron chi connectivity index (χ4n) is 4.95. The fraction of sp³-hybridized carbons (Fsp3) is 0.259. The van der Waals surface area contributed by atoms with Gasteiger partial charge in [-0.3, -0.25) is 9.59 Å². The van der Waals surface area contributed by atoms with E-state index < -0.39 is 6.04 Å². The number of pyridine rings is 1. The summed E-state index contributed by atoms with van der Waals surface area (Å²) in [6.45, 7) is 4.43. The number of methoxy groups -OCH3 is 2. The van der Waals surface area contributed by atoms with E-state index in [1.807, 2.05) is 44.2 Å². The molecule has 0 saturated heterocycles. The molecule has 2 aromatic heterocycles. The van der Waals surface area contributed by atoms with Crippen molar-refractivity contribution in [2.75, 3.05) is 20.8 Å². The number of carbonyl (C=O) groups excluding carboxylic acids is 1. The highest BCUT2D eigenvalue weighted by atomic mass is 16.5. The molecule has 1 aliphatic heterocycles. The van der Waals surface area contributed by atoms with Gasteiger partial charge in [0.05, 0.1) is 32.0 Å². The Morgan fingerprint density at radius 3 is 2.53 bits per heavy atom. The zero-order valence-corrected chi connectivity index (χ0v) is 19.6. The van der Waals surface area contributed by atoms with E-state index in [0.29, 0.717) is 30.0 Å². The van der Waals surface area contributed by atoms with Gasteiger partial charge in [0.15, 0.2) is 17.3 Å². The van der Waals surface area contributed by atoms with E-state index in [-0.39, 0.29) is 17.2 Å². The van der Waals surface area contributed by atoms with E-state index in [9.17, 15) is 9.59 Å². The van der Waals surface area contributed by atoms with Crippen LogP contribution in [0.2, 0.25) is 0 Å². The van der Waals surface area contributed by atoms with Gasteiger partial charge >= 0.3 is 0 Å². The topological polar surface area (TPSA) is 84.8 Å². The minimum absolute atomic E-state index is 0.232. The SMILES string of the molecule is COc1cc2c(cc1OC)[C@H](c1cc3cc(C)cc(C)c3[nH]c1=O)N(C(=O)c1ccco1)CC2. The number of fused-ring (bicyclic) bond motifs is 2. The zero-order chi connectivity index (χ0) is 24.0. The first-order valence-corrected chi connectivity index (χ1v) is 11.1. The summed E-state index contributed by atoms with van der Waals surface area (Å²) in [5.74, 6) is 1.13. The van der Waals surface area contributed by atoms with Gasteiger partial charge < -0.3 is 23.8 Å². The monoisotopic (exact) mass is 458 g/mol. The Morgan fingerprint density at radius 1 is 1.06 bits per heavy atom. The van der Waals surface area contributed by atoms with Gasteiger partial charge in [-0.05, 0) is 78.7 Å². The molecule has 1 atom stereocenters. The highest BCUT2D eigenvalue weighted by molar-refractivity contribution is 5.92. The largest absolute Gasteiger partial charge is 0.493 e. The van der Waals surface area contributed by atoms with Gasteiger partial charge in [-0.2, -0.15) is 0 Å². The third-order valence-corrected chi connectivity index (χ3v) is 6.48. The Kier molecular flexibility index (Phi) is 5.40. The summed E-state index contributed by atoms with van der Waals surface area (Å²) in [6.07, 6.45) is 2.09. The lowest BCUT2D eigenvalue weighted by atomic mass is 9.87. The van der Waals surface area contributed by atoms with E-state index in [4.69, 9.17) is 13.9 Å². The average molecular weight is 459 g/mol. The molecule has 5 rings (SSSR count). The first kappa shape index (κ1) is 21.8. The van der Waals surface area contributed by atoms with Gasteiger partial charge in [0.2, 0.25) is 0 Å². The number of hydrogen-bond donors (Lipinski definition) is 1. The van der Waals surface area contributed by atoms with Gasteiger partial charge in [0.25, 0.3) is 11.5 Å². The third kappa shape index (κ3) is 3.53. The van der Waals surface area contributed by atoms with Gasteiger partial charge in [0.1, 0.15) is 0 Å².